The average molecular weight is 372 g/mol. The van der Waals surface area contributed by atoms with Crippen molar-refractivity contribution in [2.45, 2.75) is 64.1 Å². The second-order valence-electron chi connectivity index (χ2n) is 8.25. The minimum Gasteiger partial charge on any atom is -0.355 e. The van der Waals surface area contributed by atoms with E-state index in [-0.39, 0.29) is 17.9 Å². The summed E-state index contributed by atoms with van der Waals surface area (Å²) < 4.78 is 0. The normalized spacial score (nSPS) is 23.0. The van der Waals surface area contributed by atoms with Gasteiger partial charge in [0.2, 0.25) is 11.8 Å². The molecule has 0 spiro atoms. The van der Waals surface area contributed by atoms with E-state index >= 15 is 0 Å². The Morgan fingerprint density at radius 2 is 1.81 bits per heavy atom. The van der Waals surface area contributed by atoms with Gasteiger partial charge in [0, 0.05) is 45.1 Å². The number of nitrogens with zero attached hydrogens (tertiary/aromatic N) is 2. The second kappa shape index (κ2) is 9.36. The van der Waals surface area contributed by atoms with Gasteiger partial charge in [-0.25, -0.2) is 0 Å². The lowest BCUT2D eigenvalue weighted by molar-refractivity contribution is -0.134. The summed E-state index contributed by atoms with van der Waals surface area (Å²) in [4.78, 5) is 28.7. The fourth-order valence-corrected chi connectivity index (χ4v) is 4.22. The number of likely N-dealkylation sites (N-methyl/N-ethyl adjacent to an activating group) is 1. The van der Waals surface area contributed by atoms with Crippen LogP contribution in [0.1, 0.15) is 51.0 Å². The summed E-state index contributed by atoms with van der Waals surface area (Å²) in [6.45, 7) is 3.83. The molecule has 1 N–H and O–H groups in total. The highest BCUT2D eigenvalue weighted by Gasteiger charge is 2.33. The van der Waals surface area contributed by atoms with Crippen LogP contribution in [-0.4, -0.2) is 53.8 Å². The van der Waals surface area contributed by atoms with Crippen molar-refractivity contribution in [3.05, 3.63) is 35.9 Å². The van der Waals surface area contributed by atoms with E-state index in [4.69, 9.17) is 0 Å². The number of benzene rings is 1. The molecule has 1 saturated heterocycles. The summed E-state index contributed by atoms with van der Waals surface area (Å²) in [5, 5.41) is 2.91. The highest BCUT2D eigenvalue weighted by atomic mass is 16.2. The Morgan fingerprint density at radius 1 is 1.11 bits per heavy atom. The van der Waals surface area contributed by atoms with Gasteiger partial charge in [0.05, 0.1) is 0 Å². The minimum absolute atomic E-state index is 0.0115. The predicted molar refractivity (Wildman–Crippen MR) is 107 cm³/mol. The van der Waals surface area contributed by atoms with Crippen molar-refractivity contribution in [2.24, 2.45) is 5.92 Å². The van der Waals surface area contributed by atoms with Gasteiger partial charge in [-0.2, -0.15) is 0 Å². The van der Waals surface area contributed by atoms with E-state index in [1.165, 1.54) is 24.8 Å². The van der Waals surface area contributed by atoms with Crippen LogP contribution in [0.2, 0.25) is 0 Å². The summed E-state index contributed by atoms with van der Waals surface area (Å²) in [5.74, 6) is 0.951. The van der Waals surface area contributed by atoms with E-state index in [0.29, 0.717) is 31.5 Å². The number of amides is 2. The van der Waals surface area contributed by atoms with Gasteiger partial charge in [0.1, 0.15) is 0 Å². The van der Waals surface area contributed by atoms with Gasteiger partial charge in [0.25, 0.3) is 0 Å². The average Bonchev–Trinajstić information content (AvgIpc) is 2.96. The summed E-state index contributed by atoms with van der Waals surface area (Å²) >= 11 is 0. The van der Waals surface area contributed by atoms with Gasteiger partial charge in [-0.15, -0.1) is 0 Å². The van der Waals surface area contributed by atoms with Crippen LogP contribution < -0.4 is 5.32 Å². The summed E-state index contributed by atoms with van der Waals surface area (Å²) in [7, 11) is 2.09. The number of rotatable bonds is 8. The van der Waals surface area contributed by atoms with Crippen molar-refractivity contribution in [1.29, 1.82) is 0 Å². The molecule has 0 radical (unpaired) electrons. The first-order chi connectivity index (χ1) is 13.0. The first-order valence-electron chi connectivity index (χ1n) is 10.3. The molecule has 1 aliphatic carbocycles. The van der Waals surface area contributed by atoms with E-state index in [2.05, 4.69) is 34.3 Å². The predicted octanol–water partition coefficient (Wildman–Crippen LogP) is 2.80. The molecule has 5 heteroatoms. The number of hydrogen-bond donors (Lipinski definition) is 1. The molecule has 0 aromatic heterocycles. The van der Waals surface area contributed by atoms with E-state index in [9.17, 15) is 9.59 Å². The Labute approximate surface area is 163 Å². The third kappa shape index (κ3) is 5.55. The van der Waals surface area contributed by atoms with Crippen LogP contribution in [0.5, 0.6) is 0 Å². The fourth-order valence-electron chi connectivity index (χ4n) is 4.22. The third-order valence-corrected chi connectivity index (χ3v) is 6.25. The lowest BCUT2D eigenvalue weighted by Gasteiger charge is -2.34. The second-order valence-corrected chi connectivity index (χ2v) is 8.25. The molecule has 2 atom stereocenters. The minimum atomic E-state index is 0.0115. The standard InChI is InChI=1S/C22H33N3O2/c1-17(26)23-14-21-12-11-20(24(21)2)13-22(27)25(16-19-9-6-10-19)15-18-7-4-3-5-8-18/h3-5,7-8,19-21H,6,9-16H2,1-2H3,(H,23,26)/t20-,21+/m0/s1. The van der Waals surface area contributed by atoms with Crippen molar-refractivity contribution in [3.8, 4) is 0 Å². The number of likely N-dealkylation sites (tertiary alicyclic amines) is 1. The Bertz CT molecular complexity index is 630. The first-order valence-corrected chi connectivity index (χ1v) is 10.3. The van der Waals surface area contributed by atoms with Crippen molar-refractivity contribution in [1.82, 2.24) is 15.1 Å². The molecule has 5 nitrogen and oxygen atoms in total. The molecule has 3 rings (SSSR count). The van der Waals surface area contributed by atoms with Crippen molar-refractivity contribution < 1.29 is 9.59 Å². The Kier molecular flexibility index (Phi) is 6.89. The van der Waals surface area contributed by atoms with Crippen molar-refractivity contribution in [2.75, 3.05) is 20.1 Å². The van der Waals surface area contributed by atoms with Gasteiger partial charge >= 0.3 is 0 Å². The maximum Gasteiger partial charge on any atom is 0.224 e. The SMILES string of the molecule is CC(=O)NC[C@H]1CC[C@@H](CC(=O)N(Cc2ccccc2)CC2CCC2)N1C. The van der Waals surface area contributed by atoms with Crippen LogP contribution in [0, 0.1) is 5.92 Å². The molecule has 27 heavy (non-hydrogen) atoms. The summed E-state index contributed by atoms with van der Waals surface area (Å²) in [6.07, 6.45) is 6.44. The zero-order valence-corrected chi connectivity index (χ0v) is 16.7. The molecule has 1 heterocycles. The van der Waals surface area contributed by atoms with Crippen molar-refractivity contribution in [3.63, 3.8) is 0 Å². The Morgan fingerprint density at radius 3 is 2.44 bits per heavy atom. The van der Waals surface area contributed by atoms with Crippen LogP contribution in [-0.2, 0) is 16.1 Å². The highest BCUT2D eigenvalue weighted by Crippen LogP contribution is 2.29. The molecule has 2 aliphatic rings. The smallest absolute Gasteiger partial charge is 0.224 e. The van der Waals surface area contributed by atoms with Gasteiger partial charge in [-0.05, 0) is 44.2 Å². The van der Waals surface area contributed by atoms with E-state index < -0.39 is 0 Å². The first kappa shape index (κ1) is 19.9. The molecule has 148 valence electrons. The van der Waals surface area contributed by atoms with Gasteiger partial charge in [-0.3, -0.25) is 14.5 Å². The van der Waals surface area contributed by atoms with Crippen LogP contribution in [0.25, 0.3) is 0 Å². The Balaban J connectivity index is 1.57. The van der Waals surface area contributed by atoms with Crippen LogP contribution in [0.15, 0.2) is 30.3 Å². The fraction of sp³-hybridized carbons (Fsp3) is 0.636. The molecule has 0 bridgehead atoms. The molecule has 1 aliphatic heterocycles. The lowest BCUT2D eigenvalue weighted by atomic mass is 9.85. The number of carbonyl (C=O) groups excluding carboxylic acids is 2. The van der Waals surface area contributed by atoms with E-state index in [1.54, 1.807) is 6.92 Å². The van der Waals surface area contributed by atoms with Gasteiger partial charge < -0.3 is 10.2 Å². The van der Waals surface area contributed by atoms with E-state index in [1.807, 2.05) is 18.2 Å². The molecule has 1 saturated carbocycles. The number of carbonyl (C=O) groups is 2. The maximum absolute atomic E-state index is 13.1. The maximum atomic E-state index is 13.1. The number of nitrogens with one attached hydrogen (secondary N) is 1. The zero-order chi connectivity index (χ0) is 19.2. The topological polar surface area (TPSA) is 52.7 Å². The van der Waals surface area contributed by atoms with Crippen LogP contribution in [0.3, 0.4) is 0 Å². The molecular weight excluding hydrogens is 338 g/mol. The molecule has 1 aromatic rings. The van der Waals surface area contributed by atoms with Crippen LogP contribution in [0.4, 0.5) is 0 Å². The summed E-state index contributed by atoms with van der Waals surface area (Å²) in [5.41, 5.74) is 1.20. The number of hydrogen-bond acceptors (Lipinski definition) is 3. The summed E-state index contributed by atoms with van der Waals surface area (Å²) in [6, 6.07) is 10.9. The Hall–Kier alpha value is -1.88. The van der Waals surface area contributed by atoms with Gasteiger partial charge in [-0.1, -0.05) is 36.8 Å². The molecule has 1 aromatic carbocycles. The van der Waals surface area contributed by atoms with Crippen molar-refractivity contribution >= 4 is 11.8 Å². The molecular formula is C22H33N3O2. The largest absolute Gasteiger partial charge is 0.355 e. The lowest BCUT2D eigenvalue weighted by Crippen LogP contribution is -2.43. The highest BCUT2D eigenvalue weighted by molar-refractivity contribution is 5.77. The monoisotopic (exact) mass is 371 g/mol. The van der Waals surface area contributed by atoms with Gasteiger partial charge in [0.15, 0.2) is 0 Å². The molecule has 2 fully saturated rings. The van der Waals surface area contributed by atoms with E-state index in [0.717, 1.165) is 19.4 Å². The molecule has 2 amide bonds. The van der Waals surface area contributed by atoms with Crippen LogP contribution >= 0.6 is 0 Å². The third-order valence-electron chi connectivity index (χ3n) is 6.25. The quantitative estimate of drug-likeness (QED) is 0.764. The zero-order valence-electron chi connectivity index (χ0n) is 16.7. The molecule has 0 unspecified atom stereocenters.